The number of benzene rings is 3. The first-order chi connectivity index (χ1) is 21.9. The maximum Gasteiger partial charge on any atom is 0.324 e. The molecule has 1 aromatic heterocycles. The standard InChI is InChI=1S/C38H44N6O2/c1-25-13-15-32(16-14-25)44-34(23-33(43-44)37(3,4)5)42-36(46)41-31-12-8-11-30(22-31)38(6,29-17-19-40-20-18-29)35(45)28-10-7-9-27(21-28)26(2)24-39/h7-16,21-23,26,29,40H,17-20H2,1-6H3,(H2,41,42,46)/t26-,38?/m1/s1. The Balaban J connectivity index is 1.45. The van der Waals surface area contributed by atoms with Crippen LogP contribution in [-0.2, 0) is 10.8 Å². The molecule has 8 heteroatoms. The Kier molecular flexibility index (Phi) is 9.45. The van der Waals surface area contributed by atoms with Crippen LogP contribution in [0.1, 0.15) is 86.1 Å². The van der Waals surface area contributed by atoms with Gasteiger partial charge in [0.1, 0.15) is 5.82 Å². The van der Waals surface area contributed by atoms with Crippen LogP contribution in [0, 0.1) is 24.2 Å². The molecule has 1 aliphatic rings. The normalized spacial score (nSPS) is 15.8. The Bertz CT molecular complexity index is 1750. The summed E-state index contributed by atoms with van der Waals surface area (Å²) in [7, 11) is 0. The summed E-state index contributed by atoms with van der Waals surface area (Å²) in [5, 5.41) is 23.7. The van der Waals surface area contributed by atoms with E-state index in [1.165, 1.54) is 0 Å². The number of anilines is 2. The Morgan fingerprint density at radius 3 is 2.33 bits per heavy atom. The summed E-state index contributed by atoms with van der Waals surface area (Å²) >= 11 is 0. The fraction of sp³-hybridized carbons (Fsp3) is 0.368. The van der Waals surface area contributed by atoms with Crippen molar-refractivity contribution in [2.45, 2.75) is 71.1 Å². The Hall–Kier alpha value is -4.74. The van der Waals surface area contributed by atoms with E-state index in [-0.39, 0.29) is 23.0 Å². The number of carbonyl (C=O) groups is 2. The molecule has 1 aliphatic heterocycles. The van der Waals surface area contributed by atoms with E-state index in [2.05, 4.69) is 42.8 Å². The van der Waals surface area contributed by atoms with E-state index in [1.807, 2.05) is 99.6 Å². The SMILES string of the molecule is Cc1ccc(-n2nc(C(C)(C)C)cc2NC(=O)Nc2cccc(C(C)(C(=O)c3cccc([C@H](C)C#N)c3)C3CCNCC3)c2)cc1. The lowest BCUT2D eigenvalue weighted by Crippen LogP contribution is -2.45. The molecule has 3 aromatic carbocycles. The van der Waals surface area contributed by atoms with Crippen LogP contribution in [0.5, 0.6) is 0 Å². The molecule has 1 unspecified atom stereocenters. The van der Waals surface area contributed by atoms with E-state index >= 15 is 0 Å². The van der Waals surface area contributed by atoms with E-state index in [0.29, 0.717) is 17.1 Å². The number of hydrogen-bond acceptors (Lipinski definition) is 5. The fourth-order valence-corrected chi connectivity index (χ4v) is 6.19. The second-order valence-corrected chi connectivity index (χ2v) is 13.6. The van der Waals surface area contributed by atoms with Crippen molar-refractivity contribution in [1.82, 2.24) is 15.1 Å². The highest BCUT2D eigenvalue weighted by Crippen LogP contribution is 2.41. The molecule has 8 nitrogen and oxygen atoms in total. The van der Waals surface area contributed by atoms with Gasteiger partial charge in [-0.1, -0.05) is 68.8 Å². The van der Waals surface area contributed by atoms with Gasteiger partial charge in [0.15, 0.2) is 5.78 Å². The molecule has 0 bridgehead atoms. The third-order valence-electron chi connectivity index (χ3n) is 9.19. The molecular formula is C38H44N6O2. The lowest BCUT2D eigenvalue weighted by molar-refractivity contribution is 0.0809. The second kappa shape index (κ2) is 13.3. The van der Waals surface area contributed by atoms with Crippen molar-refractivity contribution < 1.29 is 9.59 Å². The van der Waals surface area contributed by atoms with Gasteiger partial charge in [-0.3, -0.25) is 10.1 Å². The van der Waals surface area contributed by atoms with E-state index in [1.54, 1.807) is 4.68 Å². The third-order valence-corrected chi connectivity index (χ3v) is 9.19. The zero-order valence-electron chi connectivity index (χ0n) is 27.6. The monoisotopic (exact) mass is 616 g/mol. The number of Topliss-reactive ketones (excluding diaryl/α,β-unsaturated/α-hetero) is 1. The fourth-order valence-electron chi connectivity index (χ4n) is 6.19. The molecule has 1 saturated heterocycles. The van der Waals surface area contributed by atoms with Gasteiger partial charge in [-0.2, -0.15) is 10.4 Å². The van der Waals surface area contributed by atoms with Crippen molar-refractivity contribution >= 4 is 23.3 Å². The number of carbonyl (C=O) groups excluding carboxylic acids is 2. The number of amides is 2. The van der Waals surface area contributed by atoms with Gasteiger partial charge in [0.25, 0.3) is 0 Å². The predicted molar refractivity (Wildman–Crippen MR) is 184 cm³/mol. The number of urea groups is 1. The van der Waals surface area contributed by atoms with Crippen molar-refractivity contribution in [2.75, 3.05) is 23.7 Å². The third kappa shape index (κ3) is 6.90. The first-order valence-electron chi connectivity index (χ1n) is 16.0. The topological polar surface area (TPSA) is 112 Å². The minimum atomic E-state index is -0.837. The van der Waals surface area contributed by atoms with Crippen molar-refractivity contribution in [3.05, 3.63) is 107 Å². The van der Waals surface area contributed by atoms with Gasteiger partial charge >= 0.3 is 6.03 Å². The van der Waals surface area contributed by atoms with Gasteiger partial charge < -0.3 is 10.6 Å². The van der Waals surface area contributed by atoms with Crippen molar-refractivity contribution in [3.63, 3.8) is 0 Å². The minimum absolute atomic E-state index is 0.0182. The molecule has 3 N–H and O–H groups in total. The molecule has 2 atom stereocenters. The van der Waals surface area contributed by atoms with Crippen LogP contribution < -0.4 is 16.0 Å². The Morgan fingerprint density at radius 1 is 0.957 bits per heavy atom. The zero-order chi connectivity index (χ0) is 33.1. The maximum absolute atomic E-state index is 14.5. The Morgan fingerprint density at radius 2 is 1.65 bits per heavy atom. The van der Waals surface area contributed by atoms with Crippen LogP contribution in [0.3, 0.4) is 0 Å². The molecule has 2 amide bonds. The summed E-state index contributed by atoms with van der Waals surface area (Å²) < 4.78 is 1.75. The van der Waals surface area contributed by atoms with E-state index in [0.717, 1.165) is 54.0 Å². The number of aryl methyl sites for hydroxylation is 1. The first kappa shape index (κ1) is 32.6. The van der Waals surface area contributed by atoms with Crippen LogP contribution in [0.15, 0.2) is 78.9 Å². The van der Waals surface area contributed by atoms with Crippen LogP contribution in [0.4, 0.5) is 16.3 Å². The quantitative estimate of drug-likeness (QED) is 0.174. The highest BCUT2D eigenvalue weighted by molar-refractivity contribution is 6.05. The van der Waals surface area contributed by atoms with Gasteiger partial charge in [-0.15, -0.1) is 0 Å². The van der Waals surface area contributed by atoms with Gasteiger partial charge in [-0.05, 0) is 94.1 Å². The van der Waals surface area contributed by atoms with E-state index < -0.39 is 11.4 Å². The molecule has 46 heavy (non-hydrogen) atoms. The van der Waals surface area contributed by atoms with Gasteiger partial charge in [0, 0.05) is 22.7 Å². The average Bonchev–Trinajstić information content (AvgIpc) is 3.48. The van der Waals surface area contributed by atoms with Crippen LogP contribution in [0.2, 0.25) is 0 Å². The highest BCUT2D eigenvalue weighted by atomic mass is 16.2. The number of piperidine rings is 1. The predicted octanol–water partition coefficient (Wildman–Crippen LogP) is 7.89. The highest BCUT2D eigenvalue weighted by Gasteiger charge is 2.43. The van der Waals surface area contributed by atoms with Crippen LogP contribution in [-0.4, -0.2) is 34.7 Å². The van der Waals surface area contributed by atoms with Crippen LogP contribution in [0.25, 0.3) is 5.69 Å². The molecule has 238 valence electrons. The largest absolute Gasteiger partial charge is 0.324 e. The lowest BCUT2D eigenvalue weighted by Gasteiger charge is -2.40. The van der Waals surface area contributed by atoms with Crippen molar-refractivity contribution in [2.24, 2.45) is 5.92 Å². The minimum Gasteiger partial charge on any atom is -0.317 e. The molecule has 1 fully saturated rings. The average molecular weight is 617 g/mol. The summed E-state index contributed by atoms with van der Waals surface area (Å²) in [4.78, 5) is 27.9. The van der Waals surface area contributed by atoms with Gasteiger partial charge in [0.05, 0.1) is 28.8 Å². The van der Waals surface area contributed by atoms with E-state index in [9.17, 15) is 14.9 Å². The van der Waals surface area contributed by atoms with Crippen molar-refractivity contribution in [1.29, 1.82) is 5.26 Å². The number of rotatable bonds is 8. The number of nitrogens with zero attached hydrogens (tertiary/aromatic N) is 3. The summed E-state index contributed by atoms with van der Waals surface area (Å²) in [5.74, 6) is 0.362. The number of hydrogen-bond donors (Lipinski definition) is 3. The smallest absolute Gasteiger partial charge is 0.317 e. The molecule has 0 radical (unpaired) electrons. The van der Waals surface area contributed by atoms with E-state index in [4.69, 9.17) is 5.10 Å². The summed E-state index contributed by atoms with van der Waals surface area (Å²) in [6.07, 6.45) is 1.71. The molecule has 0 spiro atoms. The summed E-state index contributed by atoms with van der Waals surface area (Å²) in [6.45, 7) is 13.8. The van der Waals surface area contributed by atoms with Gasteiger partial charge in [0.2, 0.25) is 0 Å². The number of aromatic nitrogens is 2. The molecule has 4 aromatic rings. The van der Waals surface area contributed by atoms with Crippen molar-refractivity contribution in [3.8, 4) is 11.8 Å². The summed E-state index contributed by atoms with van der Waals surface area (Å²) in [5.41, 5.74) is 4.65. The number of nitrogens with one attached hydrogen (secondary N) is 3. The number of nitriles is 1. The summed E-state index contributed by atoms with van der Waals surface area (Å²) in [6, 6.07) is 26.8. The Labute approximate surface area is 272 Å². The second-order valence-electron chi connectivity index (χ2n) is 13.6. The van der Waals surface area contributed by atoms with Crippen LogP contribution >= 0.6 is 0 Å². The molecule has 0 aliphatic carbocycles. The number of ketones is 1. The molecule has 2 heterocycles. The lowest BCUT2D eigenvalue weighted by atomic mass is 9.64. The van der Waals surface area contributed by atoms with Gasteiger partial charge in [-0.25, -0.2) is 9.48 Å². The first-order valence-corrected chi connectivity index (χ1v) is 16.0. The zero-order valence-corrected chi connectivity index (χ0v) is 27.6. The maximum atomic E-state index is 14.5. The molecular weight excluding hydrogens is 572 g/mol. The molecule has 0 saturated carbocycles. The molecule has 5 rings (SSSR count).